The molecule has 0 radical (unpaired) electrons. The minimum atomic E-state index is -0.415. The van der Waals surface area contributed by atoms with Crippen LogP contribution in [0.25, 0.3) is 0 Å². The van der Waals surface area contributed by atoms with Crippen LogP contribution in [0.3, 0.4) is 0 Å². The molecule has 0 aliphatic carbocycles. The molecule has 1 atom stereocenters. The summed E-state index contributed by atoms with van der Waals surface area (Å²) < 4.78 is 11.1. The van der Waals surface area contributed by atoms with E-state index in [1.165, 1.54) is 6.42 Å². The molecule has 2 aliphatic heterocycles. The van der Waals surface area contributed by atoms with Gasteiger partial charge in [-0.1, -0.05) is 0 Å². The zero-order valence-electron chi connectivity index (χ0n) is 11.9. The summed E-state index contributed by atoms with van der Waals surface area (Å²) >= 11 is 0. The summed E-state index contributed by atoms with van der Waals surface area (Å²) in [6, 6.07) is 0. The lowest BCUT2D eigenvalue weighted by atomic mass is 9.79. The van der Waals surface area contributed by atoms with E-state index in [1.807, 2.05) is 11.9 Å². The number of ether oxygens (including phenoxy) is 2. The maximum atomic E-state index is 12.7. The van der Waals surface area contributed by atoms with Crippen molar-refractivity contribution in [3.63, 3.8) is 0 Å². The minimum Gasteiger partial charge on any atom is -0.381 e. The van der Waals surface area contributed by atoms with Crippen molar-refractivity contribution in [2.24, 2.45) is 11.1 Å². The summed E-state index contributed by atoms with van der Waals surface area (Å²) in [5.41, 5.74) is 5.46. The molecule has 5 nitrogen and oxygen atoms in total. The average Bonchev–Trinajstić information content (AvgIpc) is 2.48. The SMILES string of the molecule is CN(CC1CCCCO1)C(=O)C1(CN)CCOCC1. The fourth-order valence-corrected chi connectivity index (χ4v) is 3.01. The second-order valence-corrected chi connectivity index (χ2v) is 5.77. The van der Waals surface area contributed by atoms with Crippen LogP contribution in [-0.2, 0) is 14.3 Å². The molecule has 2 fully saturated rings. The lowest BCUT2D eigenvalue weighted by Crippen LogP contribution is -2.51. The number of hydrogen-bond acceptors (Lipinski definition) is 4. The second-order valence-electron chi connectivity index (χ2n) is 5.77. The lowest BCUT2D eigenvalue weighted by Gasteiger charge is -2.38. The van der Waals surface area contributed by atoms with Crippen LogP contribution in [0, 0.1) is 5.41 Å². The van der Waals surface area contributed by atoms with Gasteiger partial charge in [0.1, 0.15) is 0 Å². The molecule has 2 aliphatic rings. The molecule has 2 saturated heterocycles. The molecule has 5 heteroatoms. The van der Waals surface area contributed by atoms with E-state index in [1.54, 1.807) is 0 Å². The Kier molecular flexibility index (Phi) is 5.19. The zero-order chi connectivity index (χ0) is 13.7. The molecule has 1 amide bonds. The van der Waals surface area contributed by atoms with Crippen molar-refractivity contribution in [1.82, 2.24) is 4.90 Å². The van der Waals surface area contributed by atoms with Gasteiger partial charge in [0.25, 0.3) is 0 Å². The first kappa shape index (κ1) is 14.8. The van der Waals surface area contributed by atoms with Crippen LogP contribution >= 0.6 is 0 Å². The van der Waals surface area contributed by atoms with Crippen molar-refractivity contribution >= 4 is 5.91 Å². The van der Waals surface area contributed by atoms with Gasteiger partial charge < -0.3 is 20.1 Å². The van der Waals surface area contributed by atoms with Crippen LogP contribution in [-0.4, -0.2) is 56.9 Å². The maximum absolute atomic E-state index is 12.7. The van der Waals surface area contributed by atoms with Crippen LogP contribution < -0.4 is 5.73 Å². The highest BCUT2D eigenvalue weighted by atomic mass is 16.5. The maximum Gasteiger partial charge on any atom is 0.230 e. The normalized spacial score (nSPS) is 26.9. The van der Waals surface area contributed by atoms with E-state index in [2.05, 4.69) is 0 Å². The third-order valence-electron chi connectivity index (χ3n) is 4.39. The van der Waals surface area contributed by atoms with Gasteiger partial charge in [0, 0.05) is 40.0 Å². The molecule has 2 rings (SSSR count). The highest BCUT2D eigenvalue weighted by molar-refractivity contribution is 5.83. The van der Waals surface area contributed by atoms with Crippen LogP contribution in [0.4, 0.5) is 0 Å². The molecule has 0 aromatic rings. The summed E-state index contributed by atoms with van der Waals surface area (Å²) in [6.07, 6.45) is 5.05. The van der Waals surface area contributed by atoms with E-state index in [0.717, 1.165) is 32.3 Å². The Labute approximate surface area is 115 Å². The molecule has 0 spiro atoms. The fourth-order valence-electron chi connectivity index (χ4n) is 3.01. The number of likely N-dealkylation sites (N-methyl/N-ethyl adjacent to an activating group) is 1. The second kappa shape index (κ2) is 6.68. The largest absolute Gasteiger partial charge is 0.381 e. The van der Waals surface area contributed by atoms with E-state index < -0.39 is 5.41 Å². The number of nitrogens with two attached hydrogens (primary N) is 1. The van der Waals surface area contributed by atoms with Gasteiger partial charge >= 0.3 is 0 Å². The van der Waals surface area contributed by atoms with E-state index in [-0.39, 0.29) is 12.0 Å². The van der Waals surface area contributed by atoms with Gasteiger partial charge in [0.15, 0.2) is 0 Å². The van der Waals surface area contributed by atoms with E-state index in [9.17, 15) is 4.79 Å². The first-order valence-electron chi connectivity index (χ1n) is 7.33. The van der Waals surface area contributed by atoms with Crippen LogP contribution in [0.1, 0.15) is 32.1 Å². The van der Waals surface area contributed by atoms with E-state index >= 15 is 0 Å². The van der Waals surface area contributed by atoms with E-state index in [0.29, 0.717) is 26.3 Å². The molecule has 0 saturated carbocycles. The zero-order valence-corrected chi connectivity index (χ0v) is 11.9. The Morgan fingerprint density at radius 2 is 2.05 bits per heavy atom. The molecule has 0 aromatic carbocycles. The number of nitrogens with zero attached hydrogens (tertiary/aromatic N) is 1. The number of rotatable bonds is 4. The molecule has 110 valence electrons. The number of hydrogen-bond donors (Lipinski definition) is 1. The summed E-state index contributed by atoms with van der Waals surface area (Å²) in [7, 11) is 1.87. The Morgan fingerprint density at radius 3 is 2.63 bits per heavy atom. The molecule has 19 heavy (non-hydrogen) atoms. The summed E-state index contributed by atoms with van der Waals surface area (Å²) in [5.74, 6) is 0.160. The summed E-state index contributed by atoms with van der Waals surface area (Å²) in [5, 5.41) is 0. The Bertz CT molecular complexity index is 297. The molecular weight excluding hydrogens is 244 g/mol. The standard InChI is InChI=1S/C14H26N2O3/c1-16(10-12-4-2-3-7-19-12)13(17)14(11-15)5-8-18-9-6-14/h12H,2-11,15H2,1H3. The minimum absolute atomic E-state index is 0.160. The molecular formula is C14H26N2O3. The van der Waals surface area contributed by atoms with Crippen molar-refractivity contribution < 1.29 is 14.3 Å². The van der Waals surface area contributed by atoms with Crippen molar-refractivity contribution in [2.45, 2.75) is 38.2 Å². The number of amides is 1. The first-order chi connectivity index (χ1) is 9.18. The predicted molar refractivity (Wildman–Crippen MR) is 72.8 cm³/mol. The molecule has 1 unspecified atom stereocenters. The molecule has 2 N–H and O–H groups in total. The van der Waals surface area contributed by atoms with Gasteiger partial charge in [0.05, 0.1) is 11.5 Å². The topological polar surface area (TPSA) is 64.8 Å². The van der Waals surface area contributed by atoms with Gasteiger partial charge in [0.2, 0.25) is 5.91 Å². The molecule has 2 heterocycles. The Hall–Kier alpha value is -0.650. The van der Waals surface area contributed by atoms with Gasteiger partial charge in [-0.25, -0.2) is 0 Å². The quantitative estimate of drug-likeness (QED) is 0.819. The smallest absolute Gasteiger partial charge is 0.230 e. The Balaban J connectivity index is 1.92. The van der Waals surface area contributed by atoms with Gasteiger partial charge in [-0.15, -0.1) is 0 Å². The highest BCUT2D eigenvalue weighted by Crippen LogP contribution is 2.31. The van der Waals surface area contributed by atoms with Gasteiger partial charge in [-0.05, 0) is 32.1 Å². The highest BCUT2D eigenvalue weighted by Gasteiger charge is 2.40. The first-order valence-corrected chi connectivity index (χ1v) is 7.33. The van der Waals surface area contributed by atoms with Crippen LogP contribution in [0.2, 0.25) is 0 Å². The summed E-state index contributed by atoms with van der Waals surface area (Å²) in [4.78, 5) is 14.5. The van der Waals surface area contributed by atoms with Crippen molar-refractivity contribution in [3.8, 4) is 0 Å². The number of carbonyl (C=O) groups is 1. The lowest BCUT2D eigenvalue weighted by molar-refractivity contribution is -0.148. The van der Waals surface area contributed by atoms with Crippen molar-refractivity contribution in [1.29, 1.82) is 0 Å². The van der Waals surface area contributed by atoms with Crippen molar-refractivity contribution in [2.75, 3.05) is 40.0 Å². The Morgan fingerprint density at radius 1 is 1.32 bits per heavy atom. The predicted octanol–water partition coefficient (Wildman–Crippen LogP) is 0.769. The average molecular weight is 270 g/mol. The van der Waals surface area contributed by atoms with Gasteiger partial charge in [-0.2, -0.15) is 0 Å². The number of carbonyl (C=O) groups excluding carboxylic acids is 1. The molecule has 0 aromatic heterocycles. The monoisotopic (exact) mass is 270 g/mol. The van der Waals surface area contributed by atoms with Crippen molar-refractivity contribution in [3.05, 3.63) is 0 Å². The van der Waals surface area contributed by atoms with Crippen LogP contribution in [0.5, 0.6) is 0 Å². The van der Waals surface area contributed by atoms with Gasteiger partial charge in [-0.3, -0.25) is 4.79 Å². The molecule has 0 bridgehead atoms. The van der Waals surface area contributed by atoms with Crippen LogP contribution in [0.15, 0.2) is 0 Å². The summed E-state index contributed by atoms with van der Waals surface area (Å²) in [6.45, 7) is 3.18. The third-order valence-corrected chi connectivity index (χ3v) is 4.39. The fraction of sp³-hybridized carbons (Fsp3) is 0.929. The third kappa shape index (κ3) is 3.46. The van der Waals surface area contributed by atoms with E-state index in [4.69, 9.17) is 15.2 Å².